The summed E-state index contributed by atoms with van der Waals surface area (Å²) in [6.45, 7) is -0.0878. The molecule has 0 bridgehead atoms. The van der Waals surface area contributed by atoms with Crippen LogP contribution in [-0.2, 0) is 38.8 Å². The molecule has 0 spiro atoms. The number of hydrogen-bond acceptors (Lipinski definition) is 6. The summed E-state index contributed by atoms with van der Waals surface area (Å²) in [4.78, 5) is 28.6. The summed E-state index contributed by atoms with van der Waals surface area (Å²) in [6.07, 6.45) is 3.51. The lowest BCUT2D eigenvalue weighted by Gasteiger charge is -2.28. The van der Waals surface area contributed by atoms with Crippen LogP contribution in [0.15, 0.2) is 36.4 Å². The number of aryl methyl sites for hydroxylation is 2. The molecule has 1 fully saturated rings. The Kier molecular flexibility index (Phi) is 5.74. The van der Waals surface area contributed by atoms with Gasteiger partial charge in [0, 0.05) is 17.5 Å². The Morgan fingerprint density at radius 1 is 1.17 bits per heavy atom. The van der Waals surface area contributed by atoms with Crippen molar-refractivity contribution in [2.24, 2.45) is 0 Å². The van der Waals surface area contributed by atoms with E-state index in [0.717, 1.165) is 24.8 Å². The van der Waals surface area contributed by atoms with Gasteiger partial charge in [-0.1, -0.05) is 30.3 Å². The summed E-state index contributed by atoms with van der Waals surface area (Å²) in [7, 11) is -3.14. The van der Waals surface area contributed by atoms with Crippen molar-refractivity contribution in [3.63, 3.8) is 0 Å². The Hall–Kier alpha value is -2.19. The number of sulfone groups is 1. The summed E-state index contributed by atoms with van der Waals surface area (Å²) in [6, 6.07) is 10.9. The van der Waals surface area contributed by atoms with E-state index in [1.807, 2.05) is 36.4 Å². The maximum atomic E-state index is 12.9. The first-order chi connectivity index (χ1) is 13.9. The number of nitrogens with zero attached hydrogens (tertiary/aromatic N) is 1. The number of esters is 1. The van der Waals surface area contributed by atoms with E-state index in [-0.39, 0.29) is 24.0 Å². The largest absolute Gasteiger partial charge is 0.451 e. The van der Waals surface area contributed by atoms with Crippen LogP contribution < -0.4 is 0 Å². The first-order valence-electron chi connectivity index (χ1n) is 9.74. The molecule has 4 rings (SSSR count). The molecule has 1 aromatic heterocycles. The molecular weight excluding hydrogens is 410 g/mol. The summed E-state index contributed by atoms with van der Waals surface area (Å²) in [5, 5.41) is 0. The molecule has 1 aliphatic heterocycles. The molecule has 6 nitrogen and oxygen atoms in total. The van der Waals surface area contributed by atoms with Gasteiger partial charge in [0.2, 0.25) is 0 Å². The predicted molar refractivity (Wildman–Crippen MR) is 111 cm³/mol. The molecule has 1 atom stereocenters. The molecule has 0 radical (unpaired) electrons. The van der Waals surface area contributed by atoms with Gasteiger partial charge in [0.1, 0.15) is 4.88 Å². The second kappa shape index (κ2) is 8.28. The van der Waals surface area contributed by atoms with Crippen LogP contribution in [0.1, 0.15) is 38.5 Å². The SMILES string of the molecule is O=C(OCC(=O)N(Cc1ccccc1)[C@@H]1CCS(=O)(=O)C1)c1cc2c(s1)CCC2. The molecule has 1 aliphatic carbocycles. The minimum absolute atomic E-state index is 0.0445. The maximum Gasteiger partial charge on any atom is 0.348 e. The fourth-order valence-corrected chi connectivity index (χ4v) is 6.81. The number of hydrogen-bond donors (Lipinski definition) is 0. The highest BCUT2D eigenvalue weighted by atomic mass is 32.2. The number of carbonyl (C=O) groups is 2. The van der Waals surface area contributed by atoms with E-state index in [4.69, 9.17) is 4.74 Å². The molecule has 29 heavy (non-hydrogen) atoms. The fraction of sp³-hybridized carbons (Fsp3) is 0.429. The lowest BCUT2D eigenvalue weighted by Crippen LogP contribution is -2.42. The quantitative estimate of drug-likeness (QED) is 0.654. The third-order valence-electron chi connectivity index (χ3n) is 5.44. The smallest absolute Gasteiger partial charge is 0.348 e. The summed E-state index contributed by atoms with van der Waals surface area (Å²) in [5.74, 6) is -0.821. The van der Waals surface area contributed by atoms with E-state index in [1.165, 1.54) is 21.8 Å². The van der Waals surface area contributed by atoms with E-state index in [2.05, 4.69) is 0 Å². The highest BCUT2D eigenvalue weighted by molar-refractivity contribution is 7.91. The normalized spacial score (nSPS) is 19.7. The Labute approximate surface area is 174 Å². The van der Waals surface area contributed by atoms with Gasteiger partial charge in [0.05, 0.1) is 11.5 Å². The van der Waals surface area contributed by atoms with Crippen LogP contribution in [0.25, 0.3) is 0 Å². The lowest BCUT2D eigenvalue weighted by atomic mass is 10.1. The second-order valence-corrected chi connectivity index (χ2v) is 10.9. The van der Waals surface area contributed by atoms with Gasteiger partial charge in [-0.25, -0.2) is 13.2 Å². The zero-order chi connectivity index (χ0) is 20.4. The van der Waals surface area contributed by atoms with E-state index in [9.17, 15) is 18.0 Å². The minimum atomic E-state index is -3.14. The van der Waals surface area contributed by atoms with Gasteiger partial charge in [0.25, 0.3) is 5.91 Å². The minimum Gasteiger partial charge on any atom is -0.451 e. The summed E-state index contributed by atoms with van der Waals surface area (Å²) in [5.41, 5.74) is 2.11. The van der Waals surface area contributed by atoms with Crippen LogP contribution in [-0.4, -0.2) is 49.3 Å². The van der Waals surface area contributed by atoms with Crippen molar-refractivity contribution in [3.8, 4) is 0 Å². The van der Waals surface area contributed by atoms with E-state index in [0.29, 0.717) is 17.8 Å². The average Bonchev–Trinajstić information content (AvgIpc) is 3.39. The molecule has 154 valence electrons. The Morgan fingerprint density at radius 3 is 2.66 bits per heavy atom. The van der Waals surface area contributed by atoms with Gasteiger partial charge >= 0.3 is 5.97 Å². The van der Waals surface area contributed by atoms with Gasteiger partial charge in [0.15, 0.2) is 16.4 Å². The van der Waals surface area contributed by atoms with Crippen LogP contribution in [0.4, 0.5) is 0 Å². The van der Waals surface area contributed by atoms with Gasteiger partial charge in [-0.15, -0.1) is 11.3 Å². The molecule has 0 N–H and O–H groups in total. The first kappa shape index (κ1) is 20.1. The number of benzene rings is 1. The number of thiophene rings is 1. The Balaban J connectivity index is 1.43. The first-order valence-corrected chi connectivity index (χ1v) is 12.4. The van der Waals surface area contributed by atoms with Gasteiger partial charge < -0.3 is 9.64 Å². The molecular formula is C21H23NO5S2. The molecule has 2 heterocycles. The highest BCUT2D eigenvalue weighted by Crippen LogP contribution is 2.31. The van der Waals surface area contributed by atoms with Crippen molar-refractivity contribution in [1.82, 2.24) is 4.90 Å². The van der Waals surface area contributed by atoms with Crippen LogP contribution >= 0.6 is 11.3 Å². The third-order valence-corrected chi connectivity index (χ3v) is 8.41. The highest BCUT2D eigenvalue weighted by Gasteiger charge is 2.35. The second-order valence-electron chi connectivity index (χ2n) is 7.55. The molecule has 1 aromatic carbocycles. The number of fused-ring (bicyclic) bond motifs is 1. The van der Waals surface area contributed by atoms with E-state index >= 15 is 0 Å². The predicted octanol–water partition coefficient (Wildman–Crippen LogP) is 2.61. The number of carbonyl (C=O) groups excluding carboxylic acids is 2. The van der Waals surface area contributed by atoms with Crippen molar-refractivity contribution in [3.05, 3.63) is 57.3 Å². The van der Waals surface area contributed by atoms with Crippen molar-refractivity contribution in [2.45, 2.75) is 38.3 Å². The van der Waals surface area contributed by atoms with Crippen LogP contribution in [0, 0.1) is 0 Å². The molecule has 0 unspecified atom stereocenters. The van der Waals surface area contributed by atoms with Gasteiger partial charge in [-0.05, 0) is 42.9 Å². The van der Waals surface area contributed by atoms with Crippen LogP contribution in [0.2, 0.25) is 0 Å². The summed E-state index contributed by atoms with van der Waals surface area (Å²) < 4.78 is 29.1. The van der Waals surface area contributed by atoms with Crippen LogP contribution in [0.3, 0.4) is 0 Å². The van der Waals surface area contributed by atoms with Crippen molar-refractivity contribution in [2.75, 3.05) is 18.1 Å². The van der Waals surface area contributed by atoms with Crippen molar-refractivity contribution < 1.29 is 22.7 Å². The fourth-order valence-electron chi connectivity index (χ4n) is 3.93. The topological polar surface area (TPSA) is 80.8 Å². The van der Waals surface area contributed by atoms with Crippen LogP contribution in [0.5, 0.6) is 0 Å². The summed E-state index contributed by atoms with van der Waals surface area (Å²) >= 11 is 1.44. The molecule has 1 saturated heterocycles. The zero-order valence-corrected chi connectivity index (χ0v) is 17.6. The number of ether oxygens (including phenoxy) is 1. The Bertz CT molecular complexity index is 991. The average molecular weight is 434 g/mol. The van der Waals surface area contributed by atoms with Gasteiger partial charge in [-0.3, -0.25) is 4.79 Å². The zero-order valence-electron chi connectivity index (χ0n) is 16.0. The van der Waals surface area contributed by atoms with Gasteiger partial charge in [-0.2, -0.15) is 0 Å². The molecule has 1 amide bonds. The monoisotopic (exact) mass is 433 g/mol. The van der Waals surface area contributed by atoms with Crippen molar-refractivity contribution >= 4 is 33.1 Å². The molecule has 8 heteroatoms. The molecule has 2 aromatic rings. The number of rotatable bonds is 6. The van der Waals surface area contributed by atoms with Crippen molar-refractivity contribution in [1.29, 1.82) is 0 Å². The maximum absolute atomic E-state index is 12.9. The van der Waals surface area contributed by atoms with E-state index < -0.39 is 21.8 Å². The molecule has 2 aliphatic rings. The number of amides is 1. The standard InChI is InChI=1S/C21H23NO5S2/c23-20(13-27-21(24)19-11-16-7-4-8-18(16)28-19)22(12-15-5-2-1-3-6-15)17-9-10-29(25,26)14-17/h1-3,5-6,11,17H,4,7-10,12-14H2/t17-/m1/s1. The molecule has 0 saturated carbocycles. The third kappa shape index (κ3) is 4.70. The lowest BCUT2D eigenvalue weighted by molar-refractivity contribution is -0.137. The Morgan fingerprint density at radius 2 is 1.97 bits per heavy atom. The van der Waals surface area contributed by atoms with E-state index in [1.54, 1.807) is 4.90 Å².